The average Bonchev–Trinajstić information content (AvgIpc) is 2.93. The molecule has 2 N–H and O–H groups in total. The van der Waals surface area contributed by atoms with Crippen molar-refractivity contribution in [3.63, 3.8) is 0 Å². The lowest BCUT2D eigenvalue weighted by atomic mass is 10.1. The van der Waals surface area contributed by atoms with Gasteiger partial charge in [0.2, 0.25) is 5.91 Å². The molecule has 0 unspecified atom stereocenters. The number of nitrogens with one attached hydrogen (secondary N) is 2. The SMILES string of the molecule is Cc1nc(CC(=O)N[C@@H](C)c2ccccc2)sc1C(=O)NCC(C)C. The van der Waals surface area contributed by atoms with Crippen LogP contribution in [0.1, 0.15) is 52.7 Å². The highest BCUT2D eigenvalue weighted by molar-refractivity contribution is 7.13. The van der Waals surface area contributed by atoms with Crippen LogP contribution >= 0.6 is 11.3 Å². The molecule has 0 saturated carbocycles. The third-order valence-corrected chi connectivity index (χ3v) is 4.86. The molecule has 1 atom stereocenters. The standard InChI is InChI=1S/C19H25N3O2S/c1-12(2)11-20-19(24)18-14(4)22-17(25-18)10-16(23)21-13(3)15-8-6-5-7-9-15/h5-9,12-13H,10-11H2,1-4H3,(H,20,24)(H,21,23)/t13-/m0/s1. The highest BCUT2D eigenvalue weighted by atomic mass is 32.1. The Morgan fingerprint density at radius 1 is 1.16 bits per heavy atom. The zero-order chi connectivity index (χ0) is 18.4. The Morgan fingerprint density at radius 2 is 1.84 bits per heavy atom. The molecule has 0 aliphatic rings. The van der Waals surface area contributed by atoms with E-state index in [-0.39, 0.29) is 24.3 Å². The molecule has 1 aromatic carbocycles. The van der Waals surface area contributed by atoms with Crippen molar-refractivity contribution in [2.45, 2.75) is 40.2 Å². The molecular formula is C19H25N3O2S. The van der Waals surface area contributed by atoms with Crippen LogP contribution in [-0.4, -0.2) is 23.3 Å². The highest BCUT2D eigenvalue weighted by Gasteiger charge is 2.18. The summed E-state index contributed by atoms with van der Waals surface area (Å²) in [5.41, 5.74) is 1.73. The van der Waals surface area contributed by atoms with Gasteiger partial charge in [-0.05, 0) is 25.3 Å². The van der Waals surface area contributed by atoms with Crippen LogP contribution in [0.15, 0.2) is 30.3 Å². The van der Waals surface area contributed by atoms with Gasteiger partial charge in [0.05, 0.1) is 18.2 Å². The zero-order valence-corrected chi connectivity index (χ0v) is 15.9. The molecule has 134 valence electrons. The predicted octanol–water partition coefficient (Wildman–Crippen LogP) is 3.26. The lowest BCUT2D eigenvalue weighted by Crippen LogP contribution is -2.28. The fourth-order valence-corrected chi connectivity index (χ4v) is 3.35. The largest absolute Gasteiger partial charge is 0.351 e. The van der Waals surface area contributed by atoms with Gasteiger partial charge in [-0.15, -0.1) is 11.3 Å². The quantitative estimate of drug-likeness (QED) is 0.797. The summed E-state index contributed by atoms with van der Waals surface area (Å²) in [7, 11) is 0. The molecule has 5 nitrogen and oxygen atoms in total. The van der Waals surface area contributed by atoms with Crippen LogP contribution in [0.5, 0.6) is 0 Å². The van der Waals surface area contributed by atoms with Crippen LogP contribution < -0.4 is 10.6 Å². The Bertz CT molecular complexity index is 726. The molecule has 1 aromatic heterocycles. The fraction of sp³-hybridized carbons (Fsp3) is 0.421. The molecule has 0 aliphatic carbocycles. The number of aryl methyl sites for hydroxylation is 1. The lowest BCUT2D eigenvalue weighted by Gasteiger charge is -2.13. The first-order valence-electron chi connectivity index (χ1n) is 8.45. The zero-order valence-electron chi connectivity index (χ0n) is 15.1. The Balaban J connectivity index is 1.95. The van der Waals surface area contributed by atoms with Crippen LogP contribution in [0.3, 0.4) is 0 Å². The lowest BCUT2D eigenvalue weighted by molar-refractivity contribution is -0.121. The van der Waals surface area contributed by atoms with Crippen molar-refractivity contribution in [3.8, 4) is 0 Å². The Hall–Kier alpha value is -2.21. The Labute approximate surface area is 152 Å². The van der Waals surface area contributed by atoms with Crippen molar-refractivity contribution in [2.75, 3.05) is 6.54 Å². The van der Waals surface area contributed by atoms with E-state index in [2.05, 4.69) is 15.6 Å². The third-order valence-electron chi connectivity index (χ3n) is 3.71. The summed E-state index contributed by atoms with van der Waals surface area (Å²) in [6.45, 7) is 8.47. The van der Waals surface area contributed by atoms with Crippen LogP contribution in [0, 0.1) is 12.8 Å². The van der Waals surface area contributed by atoms with Gasteiger partial charge in [-0.25, -0.2) is 4.98 Å². The van der Waals surface area contributed by atoms with Crippen molar-refractivity contribution in [1.29, 1.82) is 0 Å². The van der Waals surface area contributed by atoms with E-state index in [1.54, 1.807) is 6.92 Å². The minimum Gasteiger partial charge on any atom is -0.351 e. The predicted molar refractivity (Wildman–Crippen MR) is 101 cm³/mol. The van der Waals surface area contributed by atoms with E-state index in [1.165, 1.54) is 11.3 Å². The number of amides is 2. The molecule has 0 bridgehead atoms. The summed E-state index contributed by atoms with van der Waals surface area (Å²) in [6, 6.07) is 9.74. The summed E-state index contributed by atoms with van der Waals surface area (Å²) in [5, 5.41) is 6.52. The minimum atomic E-state index is -0.118. The molecule has 0 radical (unpaired) electrons. The van der Waals surface area contributed by atoms with Gasteiger partial charge in [-0.2, -0.15) is 0 Å². The summed E-state index contributed by atoms with van der Waals surface area (Å²) in [5.74, 6) is 0.175. The van der Waals surface area contributed by atoms with E-state index in [0.29, 0.717) is 28.0 Å². The average molecular weight is 359 g/mol. The molecule has 25 heavy (non-hydrogen) atoms. The number of carbonyl (C=O) groups is 2. The molecule has 2 rings (SSSR count). The molecule has 2 aromatic rings. The van der Waals surface area contributed by atoms with E-state index in [9.17, 15) is 9.59 Å². The van der Waals surface area contributed by atoms with Gasteiger partial charge in [-0.3, -0.25) is 9.59 Å². The number of benzene rings is 1. The number of hydrogen-bond donors (Lipinski definition) is 2. The molecular weight excluding hydrogens is 334 g/mol. The Kier molecular flexibility index (Phi) is 6.70. The van der Waals surface area contributed by atoms with E-state index in [1.807, 2.05) is 51.1 Å². The number of aromatic nitrogens is 1. The second-order valence-electron chi connectivity index (χ2n) is 6.50. The third kappa shape index (κ3) is 5.67. The number of nitrogens with zero attached hydrogens (tertiary/aromatic N) is 1. The van der Waals surface area contributed by atoms with Gasteiger partial charge in [0.25, 0.3) is 5.91 Å². The van der Waals surface area contributed by atoms with Gasteiger partial charge in [0.15, 0.2) is 0 Å². The number of rotatable bonds is 7. The number of hydrogen-bond acceptors (Lipinski definition) is 4. The second-order valence-corrected chi connectivity index (χ2v) is 7.59. The van der Waals surface area contributed by atoms with Crippen LogP contribution in [0.2, 0.25) is 0 Å². The second kappa shape index (κ2) is 8.76. The first kappa shape index (κ1) is 19.1. The molecule has 0 saturated heterocycles. The van der Waals surface area contributed by atoms with Crippen molar-refractivity contribution in [2.24, 2.45) is 5.92 Å². The molecule has 0 aliphatic heterocycles. The Morgan fingerprint density at radius 3 is 2.48 bits per heavy atom. The number of thiazole rings is 1. The van der Waals surface area contributed by atoms with E-state index in [4.69, 9.17) is 0 Å². The number of carbonyl (C=O) groups excluding carboxylic acids is 2. The topological polar surface area (TPSA) is 71.1 Å². The van der Waals surface area contributed by atoms with Crippen LogP contribution in [0.4, 0.5) is 0 Å². The molecule has 2 amide bonds. The summed E-state index contributed by atoms with van der Waals surface area (Å²) in [6.07, 6.45) is 0.181. The van der Waals surface area contributed by atoms with Crippen LogP contribution in [-0.2, 0) is 11.2 Å². The van der Waals surface area contributed by atoms with E-state index >= 15 is 0 Å². The molecule has 6 heteroatoms. The molecule has 0 fully saturated rings. The highest BCUT2D eigenvalue weighted by Crippen LogP contribution is 2.19. The van der Waals surface area contributed by atoms with Gasteiger partial charge in [0.1, 0.15) is 9.88 Å². The van der Waals surface area contributed by atoms with Gasteiger partial charge >= 0.3 is 0 Å². The normalized spacial score (nSPS) is 12.0. The van der Waals surface area contributed by atoms with Crippen molar-refractivity contribution in [3.05, 3.63) is 51.5 Å². The first-order valence-corrected chi connectivity index (χ1v) is 9.27. The van der Waals surface area contributed by atoms with Crippen molar-refractivity contribution < 1.29 is 9.59 Å². The maximum Gasteiger partial charge on any atom is 0.263 e. The van der Waals surface area contributed by atoms with Gasteiger partial charge < -0.3 is 10.6 Å². The first-order chi connectivity index (χ1) is 11.9. The summed E-state index contributed by atoms with van der Waals surface area (Å²) in [4.78, 5) is 29.4. The van der Waals surface area contributed by atoms with Gasteiger partial charge in [-0.1, -0.05) is 44.2 Å². The molecule has 1 heterocycles. The maximum absolute atomic E-state index is 12.3. The molecule has 0 spiro atoms. The maximum atomic E-state index is 12.3. The summed E-state index contributed by atoms with van der Waals surface area (Å²) < 4.78 is 0. The minimum absolute atomic E-state index is 0.0661. The van der Waals surface area contributed by atoms with Gasteiger partial charge in [0, 0.05) is 6.54 Å². The summed E-state index contributed by atoms with van der Waals surface area (Å²) >= 11 is 1.29. The fourth-order valence-electron chi connectivity index (χ4n) is 2.37. The van der Waals surface area contributed by atoms with Crippen LogP contribution in [0.25, 0.3) is 0 Å². The van der Waals surface area contributed by atoms with E-state index in [0.717, 1.165) is 5.56 Å². The van der Waals surface area contributed by atoms with Crippen molar-refractivity contribution >= 4 is 23.2 Å². The monoisotopic (exact) mass is 359 g/mol. The van der Waals surface area contributed by atoms with Crippen molar-refractivity contribution in [1.82, 2.24) is 15.6 Å². The van der Waals surface area contributed by atoms with E-state index < -0.39 is 0 Å². The smallest absolute Gasteiger partial charge is 0.263 e.